The molecule has 0 saturated heterocycles. The minimum absolute atomic E-state index is 0.540. The van der Waals surface area contributed by atoms with E-state index in [9.17, 15) is 0 Å². The molecule has 0 N–H and O–H groups in total. The number of rotatable bonds is 1. The predicted molar refractivity (Wildman–Crippen MR) is 75.8 cm³/mol. The van der Waals surface area contributed by atoms with E-state index in [1.807, 2.05) is 24.4 Å². The number of hydrogen-bond donors (Lipinski definition) is 0. The van der Waals surface area contributed by atoms with E-state index in [0.717, 1.165) is 21.3 Å². The summed E-state index contributed by atoms with van der Waals surface area (Å²) in [5, 5.41) is 2.16. The van der Waals surface area contributed by atoms with Gasteiger partial charge >= 0.3 is 0 Å². The van der Waals surface area contributed by atoms with Gasteiger partial charge in [0.1, 0.15) is 11.4 Å². The first-order chi connectivity index (χ1) is 8.54. The third-order valence-corrected chi connectivity index (χ3v) is 3.99. The molecule has 3 nitrogen and oxygen atoms in total. The molecule has 18 heavy (non-hydrogen) atoms. The molecule has 0 bridgehead atoms. The second-order valence-electron chi connectivity index (χ2n) is 4.00. The van der Waals surface area contributed by atoms with E-state index in [2.05, 4.69) is 9.97 Å². The second-order valence-corrected chi connectivity index (χ2v) is 6.25. The van der Waals surface area contributed by atoms with Crippen molar-refractivity contribution in [2.24, 2.45) is 0 Å². The summed E-state index contributed by atoms with van der Waals surface area (Å²) in [7, 11) is 0. The Morgan fingerprint density at radius 3 is 2.61 bits per heavy atom. The maximum atomic E-state index is 6.12. The lowest BCUT2D eigenvalue weighted by Crippen LogP contribution is -1.82. The molecule has 0 aliphatic carbocycles. The molecule has 3 aromatic heterocycles. The van der Waals surface area contributed by atoms with Gasteiger partial charge in [0.25, 0.3) is 0 Å². The highest BCUT2D eigenvalue weighted by Gasteiger charge is 2.13. The van der Waals surface area contributed by atoms with Gasteiger partial charge in [-0.3, -0.25) is 0 Å². The number of fused-ring (bicyclic) bond motifs is 1. The summed E-state index contributed by atoms with van der Waals surface area (Å²) in [6.07, 6.45) is 3.68. The van der Waals surface area contributed by atoms with Crippen LogP contribution in [0.4, 0.5) is 0 Å². The largest absolute Gasteiger partial charge is 0.304 e. The van der Waals surface area contributed by atoms with E-state index in [-0.39, 0.29) is 0 Å². The van der Waals surface area contributed by atoms with Gasteiger partial charge in [-0.1, -0.05) is 23.2 Å². The molecular weight excluding hydrogens is 289 g/mol. The van der Waals surface area contributed by atoms with Crippen molar-refractivity contribution in [3.05, 3.63) is 38.4 Å². The molecule has 3 rings (SSSR count). The molecule has 0 unspecified atom stereocenters. The Labute approximate surface area is 118 Å². The van der Waals surface area contributed by atoms with Crippen LogP contribution in [0.1, 0.15) is 9.88 Å². The van der Waals surface area contributed by atoms with Gasteiger partial charge in [0.15, 0.2) is 5.65 Å². The van der Waals surface area contributed by atoms with Crippen LogP contribution in [0.2, 0.25) is 10.0 Å². The minimum atomic E-state index is 0.540. The molecular formula is C12H9Cl2N3S. The number of thiazole rings is 1. The first kappa shape index (κ1) is 12.0. The summed E-state index contributed by atoms with van der Waals surface area (Å²) in [5.41, 5.74) is 2.43. The summed E-state index contributed by atoms with van der Waals surface area (Å²) >= 11 is 13.8. The van der Waals surface area contributed by atoms with Crippen molar-refractivity contribution in [1.29, 1.82) is 0 Å². The summed E-state index contributed by atoms with van der Waals surface area (Å²) in [5.74, 6) is 0. The number of aromatic nitrogens is 3. The first-order valence-electron chi connectivity index (χ1n) is 5.33. The van der Waals surface area contributed by atoms with Crippen LogP contribution in [0.3, 0.4) is 0 Å². The number of halogens is 2. The van der Waals surface area contributed by atoms with Crippen LogP contribution in [-0.4, -0.2) is 14.4 Å². The van der Waals surface area contributed by atoms with E-state index in [1.165, 1.54) is 0 Å². The fraction of sp³-hybridized carbons (Fsp3) is 0.167. The molecule has 92 valence electrons. The van der Waals surface area contributed by atoms with Gasteiger partial charge in [0.2, 0.25) is 0 Å². The van der Waals surface area contributed by atoms with Crippen LogP contribution in [-0.2, 0) is 0 Å². The van der Waals surface area contributed by atoms with Crippen LogP contribution in [0.5, 0.6) is 0 Å². The van der Waals surface area contributed by atoms with E-state index in [4.69, 9.17) is 23.2 Å². The number of imidazole rings is 1. The van der Waals surface area contributed by atoms with Crippen molar-refractivity contribution in [2.45, 2.75) is 13.8 Å². The standard InChI is InChI=1S/C12H9Cl2N3S/c1-6-11(15-7(2)18-6)10-5-17-4-8(13)3-9(14)12(17)16-10/h3-5H,1-2H3. The highest BCUT2D eigenvalue weighted by atomic mass is 35.5. The Hall–Kier alpha value is -1.10. The van der Waals surface area contributed by atoms with Crippen molar-refractivity contribution in [2.75, 3.05) is 0 Å². The first-order valence-corrected chi connectivity index (χ1v) is 6.90. The highest BCUT2D eigenvalue weighted by molar-refractivity contribution is 7.11. The van der Waals surface area contributed by atoms with Gasteiger partial charge < -0.3 is 4.40 Å². The summed E-state index contributed by atoms with van der Waals surface area (Å²) < 4.78 is 1.83. The lowest BCUT2D eigenvalue weighted by atomic mass is 10.3. The van der Waals surface area contributed by atoms with E-state index in [1.54, 1.807) is 23.6 Å². The average Bonchev–Trinajstić information content (AvgIpc) is 2.81. The van der Waals surface area contributed by atoms with Crippen LogP contribution in [0.15, 0.2) is 18.5 Å². The predicted octanol–water partition coefficient (Wildman–Crippen LogP) is 4.38. The normalized spacial score (nSPS) is 11.3. The molecule has 3 heterocycles. The van der Waals surface area contributed by atoms with Crippen LogP contribution < -0.4 is 0 Å². The quantitative estimate of drug-likeness (QED) is 0.667. The smallest absolute Gasteiger partial charge is 0.156 e. The Morgan fingerprint density at radius 2 is 1.94 bits per heavy atom. The molecule has 0 spiro atoms. The van der Waals surface area contributed by atoms with E-state index >= 15 is 0 Å². The Kier molecular flexibility index (Phi) is 2.81. The molecule has 0 fully saturated rings. The van der Waals surface area contributed by atoms with Crippen molar-refractivity contribution >= 4 is 40.2 Å². The SMILES string of the molecule is Cc1nc(-c2cn3cc(Cl)cc(Cl)c3n2)c(C)s1. The van der Waals surface area contributed by atoms with Crippen LogP contribution in [0, 0.1) is 13.8 Å². The maximum Gasteiger partial charge on any atom is 0.156 e. The fourth-order valence-corrected chi connectivity index (χ4v) is 3.26. The molecule has 0 aliphatic heterocycles. The van der Waals surface area contributed by atoms with Crippen molar-refractivity contribution in [3.63, 3.8) is 0 Å². The van der Waals surface area contributed by atoms with Crippen molar-refractivity contribution in [3.8, 4) is 11.4 Å². The van der Waals surface area contributed by atoms with E-state index in [0.29, 0.717) is 15.7 Å². The monoisotopic (exact) mass is 297 g/mol. The van der Waals surface area contributed by atoms with Gasteiger partial charge in [0, 0.05) is 17.3 Å². The second kappa shape index (κ2) is 4.23. The zero-order chi connectivity index (χ0) is 12.9. The lowest BCUT2D eigenvalue weighted by Gasteiger charge is -1.95. The van der Waals surface area contributed by atoms with Gasteiger partial charge in [-0.2, -0.15) is 0 Å². The summed E-state index contributed by atoms with van der Waals surface area (Å²) in [6, 6.07) is 1.69. The third-order valence-electron chi connectivity index (χ3n) is 2.62. The molecule has 0 atom stereocenters. The number of hydrogen-bond acceptors (Lipinski definition) is 3. The summed E-state index contributed by atoms with van der Waals surface area (Å²) in [4.78, 5) is 10.2. The Balaban J connectivity index is 2.25. The molecule has 6 heteroatoms. The van der Waals surface area contributed by atoms with Gasteiger partial charge in [-0.25, -0.2) is 9.97 Å². The van der Waals surface area contributed by atoms with E-state index < -0.39 is 0 Å². The van der Waals surface area contributed by atoms with Crippen molar-refractivity contribution in [1.82, 2.24) is 14.4 Å². The van der Waals surface area contributed by atoms with Gasteiger partial charge in [-0.05, 0) is 19.9 Å². The topological polar surface area (TPSA) is 30.2 Å². The fourth-order valence-electron chi connectivity index (χ4n) is 1.91. The number of aryl methyl sites for hydroxylation is 2. The van der Waals surface area contributed by atoms with Gasteiger partial charge in [0.05, 0.1) is 15.1 Å². The molecule has 0 aromatic carbocycles. The summed E-state index contributed by atoms with van der Waals surface area (Å²) in [6.45, 7) is 4.03. The molecule has 3 aromatic rings. The zero-order valence-corrected chi connectivity index (χ0v) is 12.1. The average molecular weight is 298 g/mol. The zero-order valence-electron chi connectivity index (χ0n) is 9.74. The van der Waals surface area contributed by atoms with Crippen molar-refractivity contribution < 1.29 is 0 Å². The molecule has 0 radical (unpaired) electrons. The minimum Gasteiger partial charge on any atom is -0.304 e. The van der Waals surface area contributed by atoms with Crippen LogP contribution >= 0.6 is 34.5 Å². The number of nitrogens with zero attached hydrogens (tertiary/aromatic N) is 3. The maximum absolute atomic E-state index is 6.12. The molecule has 0 amide bonds. The Morgan fingerprint density at radius 1 is 1.17 bits per heavy atom. The highest BCUT2D eigenvalue weighted by Crippen LogP contribution is 2.29. The van der Waals surface area contributed by atoms with Gasteiger partial charge in [-0.15, -0.1) is 11.3 Å². The number of pyridine rings is 1. The lowest BCUT2D eigenvalue weighted by molar-refractivity contribution is 1.19. The van der Waals surface area contributed by atoms with Crippen LogP contribution in [0.25, 0.3) is 17.0 Å². The third kappa shape index (κ3) is 1.90. The molecule has 0 saturated carbocycles. The molecule has 0 aliphatic rings. The Bertz CT molecular complexity index is 745.